The summed E-state index contributed by atoms with van der Waals surface area (Å²) in [5, 5.41) is 21.9. The maximum absolute atomic E-state index is 11.6. The lowest BCUT2D eigenvalue weighted by Crippen LogP contribution is -2.29. The van der Waals surface area contributed by atoms with Crippen LogP contribution in [0.3, 0.4) is 0 Å². The molecule has 0 spiro atoms. The molecule has 0 bridgehead atoms. The Hall–Kier alpha value is -1.39. The van der Waals surface area contributed by atoms with Crippen molar-refractivity contribution in [2.24, 2.45) is 11.8 Å². The Labute approximate surface area is 165 Å². The molecule has 4 heteroatoms. The molecule has 0 heterocycles. The Morgan fingerprint density at radius 3 is 2.52 bits per heavy atom. The molecular formula is C23H39NO3. The number of amides is 1. The van der Waals surface area contributed by atoms with Gasteiger partial charge >= 0.3 is 0 Å². The van der Waals surface area contributed by atoms with Crippen molar-refractivity contribution in [2.45, 2.75) is 83.8 Å². The van der Waals surface area contributed by atoms with Crippen LogP contribution in [0.25, 0.3) is 0 Å². The van der Waals surface area contributed by atoms with Crippen LogP contribution in [-0.4, -0.2) is 34.9 Å². The Kier molecular flexibility index (Phi) is 12.8. The van der Waals surface area contributed by atoms with Gasteiger partial charge in [-0.3, -0.25) is 4.79 Å². The summed E-state index contributed by atoms with van der Waals surface area (Å²) in [7, 11) is 0. The minimum atomic E-state index is -0.370. The molecule has 3 N–H and O–H groups in total. The van der Waals surface area contributed by atoms with Crippen LogP contribution in [-0.2, 0) is 4.79 Å². The third-order valence-electron chi connectivity index (χ3n) is 4.90. The van der Waals surface area contributed by atoms with Gasteiger partial charge in [0.25, 0.3) is 0 Å². The molecular weight excluding hydrogens is 338 g/mol. The number of carbonyl (C=O) groups is 1. The smallest absolute Gasteiger partial charge is 0.220 e. The maximum atomic E-state index is 11.6. The van der Waals surface area contributed by atoms with Crippen molar-refractivity contribution in [3.8, 4) is 0 Å². The van der Waals surface area contributed by atoms with Gasteiger partial charge in [0.05, 0.1) is 6.10 Å². The van der Waals surface area contributed by atoms with Gasteiger partial charge in [-0.1, -0.05) is 49.3 Å². The molecule has 0 aromatic carbocycles. The normalized spacial score (nSPS) is 22.5. The first-order chi connectivity index (χ1) is 13.0. The van der Waals surface area contributed by atoms with Crippen LogP contribution in [0.2, 0.25) is 0 Å². The quantitative estimate of drug-likeness (QED) is 0.312. The van der Waals surface area contributed by atoms with Crippen molar-refractivity contribution in [1.29, 1.82) is 0 Å². The second-order valence-corrected chi connectivity index (χ2v) is 7.79. The minimum absolute atomic E-state index is 0.121. The largest absolute Gasteiger partial charge is 0.396 e. The highest BCUT2D eigenvalue weighted by Crippen LogP contribution is 2.30. The lowest BCUT2D eigenvalue weighted by molar-refractivity contribution is -0.121. The average molecular weight is 378 g/mol. The van der Waals surface area contributed by atoms with Crippen molar-refractivity contribution in [3.63, 3.8) is 0 Å². The molecule has 1 amide bonds. The van der Waals surface area contributed by atoms with Gasteiger partial charge in [0.2, 0.25) is 5.91 Å². The Morgan fingerprint density at radius 1 is 1.04 bits per heavy atom. The summed E-state index contributed by atoms with van der Waals surface area (Å²) in [4.78, 5) is 11.6. The van der Waals surface area contributed by atoms with Crippen LogP contribution in [0.4, 0.5) is 0 Å². The van der Waals surface area contributed by atoms with E-state index in [9.17, 15) is 9.90 Å². The molecule has 0 radical (unpaired) electrons. The maximum Gasteiger partial charge on any atom is 0.220 e. The van der Waals surface area contributed by atoms with Crippen LogP contribution < -0.4 is 5.32 Å². The molecule has 0 aliphatic heterocycles. The van der Waals surface area contributed by atoms with Crippen LogP contribution in [0, 0.1) is 11.8 Å². The zero-order valence-corrected chi connectivity index (χ0v) is 17.1. The van der Waals surface area contributed by atoms with Crippen molar-refractivity contribution in [2.75, 3.05) is 6.61 Å². The number of allylic oxidation sites excluding steroid dienone is 5. The summed E-state index contributed by atoms with van der Waals surface area (Å²) < 4.78 is 0. The van der Waals surface area contributed by atoms with Gasteiger partial charge < -0.3 is 15.5 Å². The molecule has 4 nitrogen and oxygen atoms in total. The van der Waals surface area contributed by atoms with Gasteiger partial charge in [0.1, 0.15) is 0 Å². The number of aliphatic hydroxyl groups excluding tert-OH is 2. The Balaban J connectivity index is 2.22. The molecule has 0 saturated carbocycles. The van der Waals surface area contributed by atoms with Gasteiger partial charge in [-0.2, -0.15) is 0 Å². The van der Waals surface area contributed by atoms with Gasteiger partial charge in [-0.15, -0.1) is 0 Å². The molecule has 3 atom stereocenters. The average Bonchev–Trinajstić information content (AvgIpc) is 2.96. The first-order valence-electron chi connectivity index (χ1n) is 10.6. The van der Waals surface area contributed by atoms with Gasteiger partial charge in [-0.25, -0.2) is 0 Å². The first-order valence-corrected chi connectivity index (χ1v) is 10.6. The molecule has 154 valence electrons. The molecule has 27 heavy (non-hydrogen) atoms. The number of carbonyl (C=O) groups excluding carboxylic acids is 1. The fourth-order valence-electron chi connectivity index (χ4n) is 3.39. The van der Waals surface area contributed by atoms with E-state index in [1.807, 2.05) is 19.9 Å². The highest BCUT2D eigenvalue weighted by atomic mass is 16.3. The lowest BCUT2D eigenvalue weighted by atomic mass is 9.90. The van der Waals surface area contributed by atoms with Crippen molar-refractivity contribution < 1.29 is 15.0 Å². The molecule has 0 unspecified atom stereocenters. The number of rotatable bonds is 14. The second kappa shape index (κ2) is 14.6. The molecule has 1 aliphatic rings. The number of unbranched alkanes of at least 4 members (excludes halogenated alkanes) is 5. The van der Waals surface area contributed by atoms with E-state index in [2.05, 4.69) is 35.7 Å². The molecule has 1 aliphatic carbocycles. The Morgan fingerprint density at radius 2 is 1.78 bits per heavy atom. The van der Waals surface area contributed by atoms with Crippen LogP contribution >= 0.6 is 0 Å². The molecule has 0 saturated heterocycles. The monoisotopic (exact) mass is 377 g/mol. The third-order valence-corrected chi connectivity index (χ3v) is 4.90. The summed E-state index contributed by atoms with van der Waals surface area (Å²) in [6.45, 7) is 4.24. The van der Waals surface area contributed by atoms with E-state index in [-0.39, 0.29) is 24.0 Å². The predicted molar refractivity (Wildman–Crippen MR) is 112 cm³/mol. The highest BCUT2D eigenvalue weighted by molar-refractivity contribution is 5.76. The summed E-state index contributed by atoms with van der Waals surface area (Å²) in [5.41, 5.74) is 0. The second-order valence-electron chi connectivity index (χ2n) is 7.79. The van der Waals surface area contributed by atoms with Crippen molar-refractivity contribution in [1.82, 2.24) is 5.32 Å². The summed E-state index contributed by atoms with van der Waals surface area (Å²) in [6.07, 6.45) is 21.0. The van der Waals surface area contributed by atoms with Crippen LogP contribution in [0.5, 0.6) is 0 Å². The van der Waals surface area contributed by atoms with Gasteiger partial charge in [-0.05, 0) is 52.4 Å². The van der Waals surface area contributed by atoms with Gasteiger partial charge in [0, 0.05) is 30.9 Å². The number of hydrogen-bond acceptors (Lipinski definition) is 3. The van der Waals surface area contributed by atoms with Crippen molar-refractivity contribution in [3.05, 3.63) is 36.5 Å². The van der Waals surface area contributed by atoms with E-state index in [4.69, 9.17) is 5.11 Å². The lowest BCUT2D eigenvalue weighted by Gasteiger charge is -2.18. The van der Waals surface area contributed by atoms with E-state index in [0.717, 1.165) is 51.4 Å². The fourth-order valence-corrected chi connectivity index (χ4v) is 3.39. The fraction of sp³-hybridized carbons (Fsp3) is 0.696. The first kappa shape index (κ1) is 23.6. The predicted octanol–water partition coefficient (Wildman–Crippen LogP) is 4.29. The Bertz CT molecular complexity index is 482. The summed E-state index contributed by atoms with van der Waals surface area (Å²) >= 11 is 0. The number of nitrogens with one attached hydrogen (secondary N) is 1. The summed E-state index contributed by atoms with van der Waals surface area (Å²) in [6, 6.07) is 0.204. The van der Waals surface area contributed by atoms with E-state index >= 15 is 0 Å². The SMILES string of the molecule is CC(C)NC(=O)CCCC=CC[C@@H]1[C@H](C=CCCCCCCO)C=C[C@H]1O. The summed E-state index contributed by atoms with van der Waals surface area (Å²) in [5.74, 6) is 0.644. The molecule has 0 aromatic rings. The van der Waals surface area contributed by atoms with E-state index < -0.39 is 0 Å². The number of aliphatic hydroxyl groups is 2. The molecule has 0 aromatic heterocycles. The van der Waals surface area contributed by atoms with E-state index in [1.165, 1.54) is 0 Å². The number of hydrogen-bond donors (Lipinski definition) is 3. The molecule has 1 rings (SSSR count). The van der Waals surface area contributed by atoms with Crippen molar-refractivity contribution >= 4 is 5.91 Å². The van der Waals surface area contributed by atoms with E-state index in [0.29, 0.717) is 18.9 Å². The van der Waals surface area contributed by atoms with Crippen LogP contribution in [0.1, 0.15) is 71.6 Å². The topological polar surface area (TPSA) is 69.6 Å². The minimum Gasteiger partial charge on any atom is -0.396 e. The zero-order valence-electron chi connectivity index (χ0n) is 17.1. The zero-order chi connectivity index (χ0) is 19.9. The molecule has 0 fully saturated rings. The highest BCUT2D eigenvalue weighted by Gasteiger charge is 2.27. The van der Waals surface area contributed by atoms with E-state index in [1.54, 1.807) is 0 Å². The third kappa shape index (κ3) is 11.1. The van der Waals surface area contributed by atoms with Gasteiger partial charge in [0.15, 0.2) is 0 Å². The van der Waals surface area contributed by atoms with Crippen LogP contribution in [0.15, 0.2) is 36.5 Å². The standard InChI is InChI=1S/C23H39NO3/c1-19(2)24-23(27)15-11-7-6-10-14-21-20(16-17-22(21)26)13-9-5-3-4-8-12-18-25/h6,9-10,13,16-17,19-22,25-26H,3-5,7-8,11-12,14-15,18H2,1-2H3,(H,24,27)/t20-,21-,22-/m1/s1.